The lowest BCUT2D eigenvalue weighted by molar-refractivity contribution is -0.124. The molecule has 0 spiro atoms. The molecule has 0 aliphatic heterocycles. The van der Waals surface area contributed by atoms with E-state index in [1.54, 1.807) is 25.3 Å². The van der Waals surface area contributed by atoms with Gasteiger partial charge in [0, 0.05) is 0 Å². The van der Waals surface area contributed by atoms with E-state index in [1.165, 1.54) is 0 Å². The van der Waals surface area contributed by atoms with Gasteiger partial charge in [0.1, 0.15) is 5.75 Å². The molecule has 0 unspecified atom stereocenters. The highest BCUT2D eigenvalue weighted by molar-refractivity contribution is 5.92. The smallest absolute Gasteiger partial charge is 0.338 e. The maximum Gasteiger partial charge on any atom is 0.338 e. The van der Waals surface area contributed by atoms with Crippen LogP contribution < -0.4 is 19.5 Å². The molecule has 0 radical (unpaired) electrons. The minimum absolute atomic E-state index is 0.234. The summed E-state index contributed by atoms with van der Waals surface area (Å²) in [5, 5.41) is 2.80. The Morgan fingerprint density at radius 2 is 1.62 bits per heavy atom. The van der Waals surface area contributed by atoms with Crippen LogP contribution in [0.5, 0.6) is 17.2 Å². The largest absolute Gasteiger partial charge is 0.497 e. The lowest BCUT2D eigenvalue weighted by atomic mass is 10.1. The second kappa shape index (κ2) is 10.9. The first-order valence-corrected chi connectivity index (χ1v) is 9.48. The molecule has 156 valence electrons. The predicted octanol–water partition coefficient (Wildman–Crippen LogP) is 3.53. The molecule has 2 aromatic carbocycles. The van der Waals surface area contributed by atoms with Gasteiger partial charge in [-0.2, -0.15) is 0 Å². The number of amides is 1. The molecule has 7 heteroatoms. The maximum absolute atomic E-state index is 12.3. The van der Waals surface area contributed by atoms with E-state index in [0.29, 0.717) is 24.7 Å². The van der Waals surface area contributed by atoms with E-state index in [4.69, 9.17) is 18.9 Å². The van der Waals surface area contributed by atoms with E-state index >= 15 is 0 Å². The van der Waals surface area contributed by atoms with Crippen molar-refractivity contribution >= 4 is 11.9 Å². The highest BCUT2D eigenvalue weighted by Gasteiger charge is 2.15. The molecule has 0 aliphatic carbocycles. The number of nitrogens with one attached hydrogen (secondary N) is 1. The molecule has 7 nitrogen and oxygen atoms in total. The third kappa shape index (κ3) is 6.41. The standard InChI is InChI=1S/C22H27NO6/c1-5-27-19-12-9-17(13-20(19)28-6-2)22(25)29-14-21(24)23-15(3)16-7-10-18(26-4)11-8-16/h7-13,15H,5-6,14H2,1-4H3,(H,23,24)/t15-/m1/s1. The Labute approximate surface area is 170 Å². The fourth-order valence-electron chi connectivity index (χ4n) is 2.65. The number of methoxy groups -OCH3 is 1. The first-order chi connectivity index (χ1) is 14.0. The summed E-state index contributed by atoms with van der Waals surface area (Å²) in [7, 11) is 1.59. The van der Waals surface area contributed by atoms with Gasteiger partial charge in [-0.15, -0.1) is 0 Å². The summed E-state index contributed by atoms with van der Waals surface area (Å²) < 4.78 is 21.2. The van der Waals surface area contributed by atoms with E-state index < -0.39 is 11.9 Å². The van der Waals surface area contributed by atoms with Crippen molar-refractivity contribution in [2.75, 3.05) is 26.9 Å². The van der Waals surface area contributed by atoms with Crippen molar-refractivity contribution in [3.63, 3.8) is 0 Å². The third-order valence-corrected chi connectivity index (χ3v) is 4.11. The van der Waals surface area contributed by atoms with Crippen LogP contribution in [-0.4, -0.2) is 38.8 Å². The van der Waals surface area contributed by atoms with Crippen LogP contribution in [0.25, 0.3) is 0 Å². The molecule has 0 heterocycles. The number of hydrogen-bond acceptors (Lipinski definition) is 6. The Hall–Kier alpha value is -3.22. The molecule has 0 fully saturated rings. The first kappa shape index (κ1) is 22.1. The van der Waals surface area contributed by atoms with Crippen molar-refractivity contribution in [2.45, 2.75) is 26.8 Å². The summed E-state index contributed by atoms with van der Waals surface area (Å²) in [5.41, 5.74) is 1.20. The van der Waals surface area contributed by atoms with Crippen molar-refractivity contribution in [3.8, 4) is 17.2 Å². The predicted molar refractivity (Wildman–Crippen MR) is 109 cm³/mol. The van der Waals surface area contributed by atoms with E-state index in [1.807, 2.05) is 45.0 Å². The second-order valence-corrected chi connectivity index (χ2v) is 6.17. The van der Waals surface area contributed by atoms with Gasteiger partial charge in [0.2, 0.25) is 0 Å². The van der Waals surface area contributed by atoms with Gasteiger partial charge in [0.15, 0.2) is 18.1 Å². The van der Waals surface area contributed by atoms with E-state index in [0.717, 1.165) is 11.3 Å². The van der Waals surface area contributed by atoms with Crippen LogP contribution in [0.4, 0.5) is 0 Å². The van der Waals surface area contributed by atoms with Crippen LogP contribution in [0, 0.1) is 0 Å². The van der Waals surface area contributed by atoms with Gasteiger partial charge < -0.3 is 24.3 Å². The molecule has 0 bridgehead atoms. The molecular weight excluding hydrogens is 374 g/mol. The molecule has 1 atom stereocenters. The van der Waals surface area contributed by atoms with Gasteiger partial charge in [-0.05, 0) is 56.7 Å². The molecule has 2 rings (SSSR count). The monoisotopic (exact) mass is 401 g/mol. The van der Waals surface area contributed by atoms with Crippen LogP contribution in [0.3, 0.4) is 0 Å². The summed E-state index contributed by atoms with van der Waals surface area (Å²) in [5.74, 6) is 0.750. The van der Waals surface area contributed by atoms with Crippen LogP contribution >= 0.6 is 0 Å². The number of ether oxygens (including phenoxy) is 4. The van der Waals surface area contributed by atoms with E-state index in [9.17, 15) is 9.59 Å². The number of benzene rings is 2. The highest BCUT2D eigenvalue weighted by atomic mass is 16.5. The molecular formula is C22H27NO6. The van der Waals surface area contributed by atoms with Gasteiger partial charge in [-0.1, -0.05) is 12.1 Å². The molecule has 1 amide bonds. The highest BCUT2D eigenvalue weighted by Crippen LogP contribution is 2.28. The topological polar surface area (TPSA) is 83.1 Å². The fraction of sp³-hybridized carbons (Fsp3) is 0.364. The average Bonchev–Trinajstić information content (AvgIpc) is 2.73. The normalized spacial score (nSPS) is 11.3. The molecule has 1 N–H and O–H groups in total. The van der Waals surface area contributed by atoms with Gasteiger partial charge in [0.05, 0.1) is 31.9 Å². The van der Waals surface area contributed by atoms with Crippen molar-refractivity contribution < 1.29 is 28.5 Å². The molecule has 0 aromatic heterocycles. The zero-order chi connectivity index (χ0) is 21.2. The van der Waals surface area contributed by atoms with E-state index in [-0.39, 0.29) is 18.2 Å². The minimum atomic E-state index is -0.610. The average molecular weight is 401 g/mol. The van der Waals surface area contributed by atoms with Gasteiger partial charge in [0.25, 0.3) is 5.91 Å². The Balaban J connectivity index is 1.91. The lowest BCUT2D eigenvalue weighted by Gasteiger charge is -2.15. The maximum atomic E-state index is 12.3. The number of rotatable bonds is 10. The Morgan fingerprint density at radius 3 is 2.24 bits per heavy atom. The second-order valence-electron chi connectivity index (χ2n) is 6.17. The lowest BCUT2D eigenvalue weighted by Crippen LogP contribution is -2.31. The van der Waals surface area contributed by atoms with Crippen LogP contribution in [-0.2, 0) is 9.53 Å². The summed E-state index contributed by atoms with van der Waals surface area (Å²) in [6.07, 6.45) is 0. The molecule has 29 heavy (non-hydrogen) atoms. The number of esters is 1. The van der Waals surface area contributed by atoms with Crippen molar-refractivity contribution in [2.24, 2.45) is 0 Å². The molecule has 0 saturated carbocycles. The molecule has 0 saturated heterocycles. The molecule has 2 aromatic rings. The third-order valence-electron chi connectivity index (χ3n) is 4.11. The summed E-state index contributed by atoms with van der Waals surface area (Å²) in [6.45, 7) is 6.10. The van der Waals surface area contributed by atoms with Gasteiger partial charge in [-0.3, -0.25) is 4.79 Å². The van der Waals surface area contributed by atoms with Crippen LogP contribution in [0.15, 0.2) is 42.5 Å². The SMILES string of the molecule is CCOc1ccc(C(=O)OCC(=O)N[C@H](C)c2ccc(OC)cc2)cc1OCC. The van der Waals surface area contributed by atoms with Crippen molar-refractivity contribution in [1.82, 2.24) is 5.32 Å². The Morgan fingerprint density at radius 1 is 0.966 bits per heavy atom. The van der Waals surface area contributed by atoms with Crippen molar-refractivity contribution in [3.05, 3.63) is 53.6 Å². The van der Waals surface area contributed by atoms with Gasteiger partial charge >= 0.3 is 5.97 Å². The number of hydrogen-bond donors (Lipinski definition) is 1. The van der Waals surface area contributed by atoms with Crippen LogP contribution in [0.2, 0.25) is 0 Å². The zero-order valence-corrected chi connectivity index (χ0v) is 17.2. The van der Waals surface area contributed by atoms with Gasteiger partial charge in [-0.25, -0.2) is 4.79 Å². The van der Waals surface area contributed by atoms with E-state index in [2.05, 4.69) is 5.32 Å². The summed E-state index contributed by atoms with van der Waals surface area (Å²) >= 11 is 0. The first-order valence-electron chi connectivity index (χ1n) is 9.48. The summed E-state index contributed by atoms with van der Waals surface area (Å²) in [4.78, 5) is 24.4. The zero-order valence-electron chi connectivity index (χ0n) is 17.2. The summed E-state index contributed by atoms with van der Waals surface area (Å²) in [6, 6.07) is 11.9. The molecule has 0 aliphatic rings. The Bertz CT molecular complexity index is 819. The minimum Gasteiger partial charge on any atom is -0.497 e. The Kier molecular flexibility index (Phi) is 8.33. The number of carbonyl (C=O) groups excluding carboxylic acids is 2. The quantitative estimate of drug-likeness (QED) is 0.613. The van der Waals surface area contributed by atoms with Crippen molar-refractivity contribution in [1.29, 1.82) is 0 Å². The van der Waals surface area contributed by atoms with Crippen LogP contribution in [0.1, 0.15) is 42.7 Å². The number of carbonyl (C=O) groups is 2. The fourth-order valence-corrected chi connectivity index (χ4v) is 2.65.